The van der Waals surface area contributed by atoms with Gasteiger partial charge in [0.15, 0.2) is 6.21 Å². The topological polar surface area (TPSA) is 39.0 Å². The summed E-state index contributed by atoms with van der Waals surface area (Å²) in [5.74, 6) is 0.711. The van der Waals surface area contributed by atoms with Gasteiger partial charge in [0.25, 0.3) is 0 Å². The van der Waals surface area contributed by atoms with Crippen molar-refractivity contribution in [1.29, 1.82) is 0 Å². The molecule has 0 bridgehead atoms. The molecule has 182 valence electrons. The summed E-state index contributed by atoms with van der Waals surface area (Å²) in [6.45, 7) is 0.435. The Labute approximate surface area is 211 Å². The summed E-state index contributed by atoms with van der Waals surface area (Å²) in [6, 6.07) is 29.0. The van der Waals surface area contributed by atoms with Crippen molar-refractivity contribution in [3.63, 3.8) is 0 Å². The Bertz CT molecular complexity index is 1650. The molecule has 4 aromatic carbocycles. The summed E-state index contributed by atoms with van der Waals surface area (Å²) in [4.78, 5) is 6.62. The molecule has 0 aliphatic carbocycles. The highest BCUT2D eigenvalue weighted by Crippen LogP contribution is 2.39. The van der Waals surface area contributed by atoms with Crippen LogP contribution in [0.15, 0.2) is 103 Å². The molecule has 1 aromatic heterocycles. The van der Waals surface area contributed by atoms with Gasteiger partial charge in [-0.05, 0) is 41.5 Å². The number of fused-ring (bicyclic) bond motifs is 2. The molecule has 2 N–H and O–H groups in total. The number of aromatic nitrogens is 1. The first-order valence-electron chi connectivity index (χ1n) is 11.9. The van der Waals surface area contributed by atoms with Gasteiger partial charge in [-0.1, -0.05) is 60.7 Å². The highest BCUT2D eigenvalue weighted by atomic mass is 19.4. The van der Waals surface area contributed by atoms with Crippen LogP contribution >= 0.6 is 0 Å². The Morgan fingerprint density at radius 3 is 2.38 bits per heavy atom. The van der Waals surface area contributed by atoms with E-state index in [1.54, 1.807) is 0 Å². The van der Waals surface area contributed by atoms with Crippen molar-refractivity contribution >= 4 is 34.0 Å². The lowest BCUT2D eigenvalue weighted by molar-refractivity contribution is -0.342. The summed E-state index contributed by atoms with van der Waals surface area (Å²) in [5.41, 5.74) is 6.48. The van der Waals surface area contributed by atoms with Gasteiger partial charge in [0.05, 0.1) is 16.7 Å². The summed E-state index contributed by atoms with van der Waals surface area (Å²) < 4.78 is 45.9. The number of benzene rings is 4. The number of allylic oxidation sites excluding steroid dienone is 1. The summed E-state index contributed by atoms with van der Waals surface area (Å²) in [6.07, 6.45) is -0.585. The van der Waals surface area contributed by atoms with Gasteiger partial charge < -0.3 is 9.72 Å². The van der Waals surface area contributed by atoms with Gasteiger partial charge >= 0.3 is 6.18 Å². The summed E-state index contributed by atoms with van der Waals surface area (Å²) in [5, 5.41) is 0.989. The van der Waals surface area contributed by atoms with Crippen LogP contribution in [0.5, 0.6) is 5.75 Å². The smallest absolute Gasteiger partial charge is 0.416 e. The number of alkyl halides is 3. The molecule has 0 radical (unpaired) electrons. The fraction of sp³-hybridized carbons (Fsp3) is 0.0645. The average Bonchev–Trinajstić information content (AvgIpc) is 3.53. The zero-order chi connectivity index (χ0) is 25.4. The molecular weight excluding hydrogens is 473 g/mol. The van der Waals surface area contributed by atoms with Crippen LogP contribution in [0.4, 0.5) is 18.9 Å². The second kappa shape index (κ2) is 9.13. The monoisotopic (exact) mass is 495 g/mol. The molecule has 6 rings (SSSR count). The van der Waals surface area contributed by atoms with E-state index in [1.807, 2.05) is 85.2 Å². The minimum absolute atomic E-state index is 0.435. The van der Waals surface area contributed by atoms with Crippen LogP contribution in [0, 0.1) is 0 Å². The van der Waals surface area contributed by atoms with Gasteiger partial charge in [-0.3, -0.25) is 0 Å². The summed E-state index contributed by atoms with van der Waals surface area (Å²) in [7, 11) is 0. The zero-order valence-electron chi connectivity index (χ0n) is 19.6. The lowest BCUT2D eigenvalue weighted by Crippen LogP contribution is -2.58. The average molecular weight is 496 g/mol. The lowest BCUT2D eigenvalue weighted by Gasteiger charge is -2.13. The number of hydrogen-bond donors (Lipinski definition) is 2. The third-order valence-electron chi connectivity index (χ3n) is 6.53. The second-order valence-electron chi connectivity index (χ2n) is 8.88. The van der Waals surface area contributed by atoms with E-state index >= 15 is 0 Å². The van der Waals surface area contributed by atoms with Gasteiger partial charge in [0.1, 0.15) is 12.4 Å². The maximum atomic E-state index is 13.3. The van der Waals surface area contributed by atoms with Crippen molar-refractivity contribution in [2.45, 2.75) is 12.8 Å². The minimum Gasteiger partial charge on any atom is -0.489 e. The first-order valence-corrected chi connectivity index (χ1v) is 11.9. The Hall–Kier alpha value is -4.58. The number of rotatable bonds is 5. The molecule has 37 heavy (non-hydrogen) atoms. The van der Waals surface area contributed by atoms with Crippen molar-refractivity contribution in [3.8, 4) is 5.75 Å². The van der Waals surface area contributed by atoms with E-state index in [9.17, 15) is 13.2 Å². The number of hydrogen-bond acceptors (Lipinski definition) is 1. The predicted octanol–water partition coefficient (Wildman–Crippen LogP) is 6.52. The summed E-state index contributed by atoms with van der Waals surface area (Å²) >= 11 is 0. The molecule has 0 amide bonds. The number of ether oxygens (including phenoxy) is 1. The van der Waals surface area contributed by atoms with Gasteiger partial charge in [-0.25, -0.2) is 4.99 Å². The molecular formula is C31H22F3N2O+. The normalized spacial score (nSPS) is 14.1. The standard InChI is InChI=1S/C31H21F3N2O/c32-31(33,34)22-12-10-21(11-13-22)30(26-17-35-28-9-5-4-8-24(26)28)27-18-36-29-15-14-23(16-25(27)29)37-19-20-6-2-1-3-7-20/h1-18,35H,19H2/p+1/b30-27+. The fourth-order valence-corrected chi connectivity index (χ4v) is 4.70. The molecule has 0 saturated heterocycles. The molecule has 1 aliphatic rings. The van der Waals surface area contributed by atoms with E-state index in [1.165, 1.54) is 12.1 Å². The zero-order valence-corrected chi connectivity index (χ0v) is 19.6. The number of para-hydroxylation sites is 1. The van der Waals surface area contributed by atoms with E-state index in [0.29, 0.717) is 17.9 Å². The largest absolute Gasteiger partial charge is 0.489 e. The van der Waals surface area contributed by atoms with Crippen LogP contribution in [0.3, 0.4) is 0 Å². The van der Waals surface area contributed by atoms with Crippen molar-refractivity contribution < 1.29 is 22.9 Å². The Morgan fingerprint density at radius 2 is 1.59 bits per heavy atom. The van der Waals surface area contributed by atoms with E-state index in [2.05, 4.69) is 9.98 Å². The minimum atomic E-state index is -4.40. The van der Waals surface area contributed by atoms with Crippen LogP contribution in [0.25, 0.3) is 22.0 Å². The first-order chi connectivity index (χ1) is 18.0. The molecule has 5 aromatic rings. The number of halogens is 3. The molecule has 2 heterocycles. The van der Waals surface area contributed by atoms with Crippen LogP contribution in [0.2, 0.25) is 0 Å². The fourth-order valence-electron chi connectivity index (χ4n) is 4.70. The molecule has 0 spiro atoms. The van der Waals surface area contributed by atoms with Gasteiger partial charge in [0, 0.05) is 34.3 Å². The quantitative estimate of drug-likeness (QED) is 0.286. The maximum absolute atomic E-state index is 13.3. The number of aromatic amines is 1. The van der Waals surface area contributed by atoms with Crippen LogP contribution < -0.4 is 9.73 Å². The molecule has 3 nitrogen and oxygen atoms in total. The van der Waals surface area contributed by atoms with Crippen molar-refractivity contribution in [2.75, 3.05) is 0 Å². The van der Waals surface area contributed by atoms with Gasteiger partial charge in [-0.2, -0.15) is 13.2 Å². The third kappa shape index (κ3) is 4.42. The molecule has 1 aliphatic heterocycles. The predicted molar refractivity (Wildman–Crippen MR) is 140 cm³/mol. The number of H-pyrrole nitrogens is 1. The molecule has 0 atom stereocenters. The lowest BCUT2D eigenvalue weighted by atomic mass is 9.89. The van der Waals surface area contributed by atoms with Crippen LogP contribution in [0.1, 0.15) is 27.8 Å². The Kier molecular flexibility index (Phi) is 5.64. The SMILES string of the molecule is FC(F)(F)c1ccc(/C(=C2/C=[NH+]c3ccc(OCc4ccccc4)cc32)c2c[nH]c3ccccc23)cc1. The molecule has 0 fully saturated rings. The van der Waals surface area contributed by atoms with Crippen molar-refractivity contribution in [3.05, 3.63) is 131 Å². The second-order valence-corrected chi connectivity index (χ2v) is 8.88. The highest BCUT2D eigenvalue weighted by Gasteiger charge is 2.31. The molecule has 0 unspecified atom stereocenters. The number of nitrogens with one attached hydrogen (secondary N) is 2. The Balaban J connectivity index is 1.48. The third-order valence-corrected chi connectivity index (χ3v) is 6.53. The van der Waals surface area contributed by atoms with E-state index in [0.717, 1.165) is 56.6 Å². The van der Waals surface area contributed by atoms with E-state index in [4.69, 9.17) is 4.74 Å². The molecule has 0 saturated carbocycles. The first kappa shape index (κ1) is 22.9. The van der Waals surface area contributed by atoms with Gasteiger partial charge in [-0.15, -0.1) is 0 Å². The van der Waals surface area contributed by atoms with E-state index < -0.39 is 11.7 Å². The molecule has 6 heteroatoms. The van der Waals surface area contributed by atoms with Crippen LogP contribution in [-0.2, 0) is 12.8 Å². The van der Waals surface area contributed by atoms with Gasteiger partial charge in [0.2, 0.25) is 5.69 Å². The Morgan fingerprint density at radius 1 is 0.838 bits per heavy atom. The van der Waals surface area contributed by atoms with Crippen LogP contribution in [-0.4, -0.2) is 11.2 Å². The van der Waals surface area contributed by atoms with E-state index in [-0.39, 0.29) is 0 Å². The maximum Gasteiger partial charge on any atom is 0.416 e. The highest BCUT2D eigenvalue weighted by molar-refractivity contribution is 6.24. The van der Waals surface area contributed by atoms with Crippen molar-refractivity contribution in [2.24, 2.45) is 0 Å². The van der Waals surface area contributed by atoms with Crippen molar-refractivity contribution in [1.82, 2.24) is 4.98 Å².